The highest BCUT2D eigenvalue weighted by molar-refractivity contribution is 7.13. The van der Waals surface area contributed by atoms with E-state index in [9.17, 15) is 4.79 Å². The molecule has 1 amide bonds. The molecule has 0 aliphatic carbocycles. The zero-order valence-corrected chi connectivity index (χ0v) is 13.5. The molecule has 0 atom stereocenters. The van der Waals surface area contributed by atoms with E-state index in [1.165, 1.54) is 11.3 Å². The van der Waals surface area contributed by atoms with Crippen LogP contribution in [0, 0.1) is 0 Å². The van der Waals surface area contributed by atoms with Gasteiger partial charge in [0.2, 0.25) is 0 Å². The minimum atomic E-state index is -0.431. The fraction of sp³-hybridized carbons (Fsp3) is 0.333. The van der Waals surface area contributed by atoms with Crippen LogP contribution in [-0.2, 0) is 0 Å². The molecule has 0 saturated heterocycles. The average molecular weight is 338 g/mol. The van der Waals surface area contributed by atoms with E-state index >= 15 is 0 Å². The lowest BCUT2D eigenvalue weighted by Gasteiger charge is -2.18. The standard InChI is InChI=1S/C12H15N3O2S.2ClH/c1-12(2,13)7-14-10(16)9-6-18-11(15-9)8-3-4-17-5-8;;/h3-6H,7,13H2,1-2H3,(H,14,16);2*1H. The quantitative estimate of drug-likeness (QED) is 0.898. The smallest absolute Gasteiger partial charge is 0.270 e. The second kappa shape index (κ2) is 7.64. The lowest BCUT2D eigenvalue weighted by molar-refractivity contribution is 0.0942. The summed E-state index contributed by atoms with van der Waals surface area (Å²) in [6.45, 7) is 4.11. The third-order valence-corrected chi connectivity index (χ3v) is 3.10. The van der Waals surface area contributed by atoms with Crippen LogP contribution >= 0.6 is 36.2 Å². The molecule has 20 heavy (non-hydrogen) atoms. The molecule has 0 unspecified atom stereocenters. The number of carbonyl (C=O) groups excluding carboxylic acids is 1. The van der Waals surface area contributed by atoms with Gasteiger partial charge in [-0.2, -0.15) is 0 Å². The Morgan fingerprint density at radius 3 is 2.75 bits per heavy atom. The van der Waals surface area contributed by atoms with Crippen LogP contribution in [0.5, 0.6) is 0 Å². The number of aromatic nitrogens is 1. The van der Waals surface area contributed by atoms with Gasteiger partial charge in [0, 0.05) is 23.0 Å². The molecular weight excluding hydrogens is 321 g/mol. The lowest BCUT2D eigenvalue weighted by Crippen LogP contribution is -2.45. The van der Waals surface area contributed by atoms with E-state index in [-0.39, 0.29) is 30.7 Å². The van der Waals surface area contributed by atoms with Gasteiger partial charge in [-0.25, -0.2) is 4.98 Å². The normalized spacial score (nSPS) is 10.3. The van der Waals surface area contributed by atoms with Gasteiger partial charge in [0.15, 0.2) is 0 Å². The second-order valence-electron chi connectivity index (χ2n) is 4.72. The van der Waals surface area contributed by atoms with Crippen LogP contribution < -0.4 is 11.1 Å². The first-order chi connectivity index (χ1) is 8.46. The summed E-state index contributed by atoms with van der Waals surface area (Å²) in [5, 5.41) is 5.24. The van der Waals surface area contributed by atoms with Crippen molar-refractivity contribution in [2.24, 2.45) is 5.73 Å². The van der Waals surface area contributed by atoms with Gasteiger partial charge in [-0.05, 0) is 19.9 Å². The largest absolute Gasteiger partial charge is 0.472 e. The average Bonchev–Trinajstić information content (AvgIpc) is 2.94. The van der Waals surface area contributed by atoms with E-state index in [2.05, 4.69) is 10.3 Å². The molecule has 0 saturated carbocycles. The highest BCUT2D eigenvalue weighted by Crippen LogP contribution is 2.23. The molecule has 5 nitrogen and oxygen atoms in total. The summed E-state index contributed by atoms with van der Waals surface area (Å²) in [6, 6.07) is 1.81. The highest BCUT2D eigenvalue weighted by atomic mass is 35.5. The summed E-state index contributed by atoms with van der Waals surface area (Å²) >= 11 is 1.41. The first kappa shape index (κ1) is 18.9. The third kappa shape index (κ3) is 5.13. The Balaban J connectivity index is 0.00000180. The minimum Gasteiger partial charge on any atom is -0.472 e. The van der Waals surface area contributed by atoms with Gasteiger partial charge < -0.3 is 15.5 Å². The van der Waals surface area contributed by atoms with Crippen LogP contribution in [0.4, 0.5) is 0 Å². The maximum atomic E-state index is 11.8. The topological polar surface area (TPSA) is 81.1 Å². The van der Waals surface area contributed by atoms with Gasteiger partial charge in [0.05, 0.1) is 6.26 Å². The zero-order chi connectivity index (χ0) is 13.2. The molecule has 2 heterocycles. The van der Waals surface area contributed by atoms with Crippen LogP contribution in [-0.4, -0.2) is 23.0 Å². The van der Waals surface area contributed by atoms with Crippen molar-refractivity contribution < 1.29 is 9.21 Å². The highest BCUT2D eigenvalue weighted by Gasteiger charge is 2.16. The third-order valence-electron chi connectivity index (χ3n) is 2.21. The fourth-order valence-electron chi connectivity index (χ4n) is 1.30. The number of amides is 1. The summed E-state index contributed by atoms with van der Waals surface area (Å²) in [7, 11) is 0. The van der Waals surface area contributed by atoms with E-state index in [1.807, 2.05) is 19.9 Å². The van der Waals surface area contributed by atoms with E-state index < -0.39 is 5.54 Å². The van der Waals surface area contributed by atoms with E-state index in [0.29, 0.717) is 12.2 Å². The van der Waals surface area contributed by atoms with E-state index in [0.717, 1.165) is 10.6 Å². The molecule has 0 radical (unpaired) electrons. The van der Waals surface area contributed by atoms with Gasteiger partial charge in [0.1, 0.15) is 17.0 Å². The summed E-state index contributed by atoms with van der Waals surface area (Å²) in [6.07, 6.45) is 3.18. The van der Waals surface area contributed by atoms with Crippen LogP contribution in [0.3, 0.4) is 0 Å². The van der Waals surface area contributed by atoms with Crippen molar-refractivity contribution in [3.05, 3.63) is 29.7 Å². The Hall–Kier alpha value is -1.08. The summed E-state index contributed by atoms with van der Waals surface area (Å²) in [4.78, 5) is 16.1. The van der Waals surface area contributed by atoms with Crippen LogP contribution in [0.15, 0.2) is 28.4 Å². The van der Waals surface area contributed by atoms with Crippen molar-refractivity contribution in [2.75, 3.05) is 6.54 Å². The SMILES string of the molecule is CC(C)(N)CNC(=O)c1csc(-c2ccoc2)n1.Cl.Cl. The molecule has 2 rings (SSSR count). The molecular formula is C12H17Cl2N3O2S. The molecule has 8 heteroatoms. The molecule has 2 aromatic rings. The van der Waals surface area contributed by atoms with Crippen molar-refractivity contribution in [3.63, 3.8) is 0 Å². The van der Waals surface area contributed by atoms with E-state index in [4.69, 9.17) is 10.2 Å². The second-order valence-corrected chi connectivity index (χ2v) is 5.58. The summed E-state index contributed by atoms with van der Waals surface area (Å²) in [5.74, 6) is -0.209. The number of halogens is 2. The maximum absolute atomic E-state index is 11.8. The molecule has 0 spiro atoms. The van der Waals surface area contributed by atoms with Gasteiger partial charge >= 0.3 is 0 Å². The maximum Gasteiger partial charge on any atom is 0.270 e. The summed E-state index contributed by atoms with van der Waals surface area (Å²) in [5.41, 5.74) is 6.64. The number of nitrogens with one attached hydrogen (secondary N) is 1. The van der Waals surface area contributed by atoms with Crippen molar-refractivity contribution in [3.8, 4) is 10.6 Å². The molecule has 3 N–H and O–H groups in total. The minimum absolute atomic E-state index is 0. The van der Waals surface area contributed by atoms with Crippen molar-refractivity contribution in [2.45, 2.75) is 19.4 Å². The number of nitrogens with two attached hydrogens (primary N) is 1. The molecule has 0 aliphatic heterocycles. The number of nitrogens with zero attached hydrogens (tertiary/aromatic N) is 1. The molecule has 0 aliphatic rings. The van der Waals surface area contributed by atoms with Gasteiger partial charge in [-0.1, -0.05) is 0 Å². The zero-order valence-electron chi connectivity index (χ0n) is 11.1. The van der Waals surface area contributed by atoms with E-state index in [1.54, 1.807) is 17.9 Å². The number of carbonyl (C=O) groups is 1. The molecule has 2 aromatic heterocycles. The van der Waals surface area contributed by atoms with Gasteiger partial charge in [0.25, 0.3) is 5.91 Å². The van der Waals surface area contributed by atoms with Crippen molar-refractivity contribution in [1.29, 1.82) is 0 Å². The Kier molecular flexibility index (Phi) is 7.22. The number of hydrogen-bond acceptors (Lipinski definition) is 5. The fourth-order valence-corrected chi connectivity index (χ4v) is 2.08. The molecule has 0 bridgehead atoms. The van der Waals surface area contributed by atoms with Crippen LogP contribution in [0.2, 0.25) is 0 Å². The molecule has 112 valence electrons. The monoisotopic (exact) mass is 337 g/mol. The summed E-state index contributed by atoms with van der Waals surface area (Å²) < 4.78 is 4.98. The van der Waals surface area contributed by atoms with Crippen molar-refractivity contribution in [1.82, 2.24) is 10.3 Å². The molecule has 0 aromatic carbocycles. The lowest BCUT2D eigenvalue weighted by atomic mass is 10.1. The number of furan rings is 1. The van der Waals surface area contributed by atoms with Crippen LogP contribution in [0.1, 0.15) is 24.3 Å². The first-order valence-electron chi connectivity index (χ1n) is 5.51. The number of rotatable bonds is 4. The number of thiazole rings is 1. The Morgan fingerprint density at radius 1 is 1.50 bits per heavy atom. The van der Waals surface area contributed by atoms with Gasteiger partial charge in [-0.3, -0.25) is 4.79 Å². The van der Waals surface area contributed by atoms with Crippen LogP contribution in [0.25, 0.3) is 10.6 Å². The van der Waals surface area contributed by atoms with Gasteiger partial charge in [-0.15, -0.1) is 36.2 Å². The Labute approximate surface area is 133 Å². The number of hydrogen-bond donors (Lipinski definition) is 2. The first-order valence-corrected chi connectivity index (χ1v) is 6.39. The Morgan fingerprint density at radius 2 is 2.20 bits per heavy atom. The Bertz CT molecular complexity index is 535. The predicted octanol–water partition coefficient (Wildman–Crippen LogP) is 2.71. The molecule has 0 fully saturated rings. The predicted molar refractivity (Wildman–Crippen MR) is 84.9 cm³/mol. The van der Waals surface area contributed by atoms with Crippen molar-refractivity contribution >= 4 is 42.1 Å².